The second kappa shape index (κ2) is 8.95. The Morgan fingerprint density at radius 1 is 0.906 bits per heavy atom. The number of rotatable bonds is 6. The lowest BCUT2D eigenvalue weighted by molar-refractivity contribution is 0.102. The summed E-state index contributed by atoms with van der Waals surface area (Å²) in [6, 6.07) is 21.7. The first-order valence-corrected chi connectivity index (χ1v) is 11.2. The van der Waals surface area contributed by atoms with Gasteiger partial charge in [-0.3, -0.25) is 4.79 Å². The Hall–Kier alpha value is -3.47. The van der Waals surface area contributed by atoms with E-state index >= 15 is 0 Å². The minimum Gasteiger partial charge on any atom is -0.322 e. The van der Waals surface area contributed by atoms with Gasteiger partial charge in [-0.25, -0.2) is 0 Å². The summed E-state index contributed by atoms with van der Waals surface area (Å²) in [7, 11) is 0. The lowest BCUT2D eigenvalue weighted by Gasteiger charge is -2.19. The van der Waals surface area contributed by atoms with Crippen molar-refractivity contribution in [2.24, 2.45) is 0 Å². The molecule has 0 saturated carbocycles. The van der Waals surface area contributed by atoms with E-state index in [1.807, 2.05) is 54.6 Å². The molecule has 5 heteroatoms. The van der Waals surface area contributed by atoms with Gasteiger partial charge in [0.05, 0.1) is 5.69 Å². The van der Waals surface area contributed by atoms with Crippen molar-refractivity contribution < 1.29 is 4.79 Å². The molecular formula is C27H30N4O. The Kier molecular flexibility index (Phi) is 6.08. The summed E-state index contributed by atoms with van der Waals surface area (Å²) in [5.41, 5.74) is 6.36. The third-order valence-corrected chi connectivity index (χ3v) is 5.64. The fourth-order valence-electron chi connectivity index (χ4n) is 3.61. The van der Waals surface area contributed by atoms with E-state index in [1.54, 1.807) is 4.80 Å². The summed E-state index contributed by atoms with van der Waals surface area (Å²) in [4.78, 5) is 14.3. The van der Waals surface area contributed by atoms with Crippen LogP contribution in [0.25, 0.3) is 16.7 Å². The summed E-state index contributed by atoms with van der Waals surface area (Å²) in [6.07, 6.45) is 3.47. The average Bonchev–Trinajstić information content (AvgIpc) is 3.21. The van der Waals surface area contributed by atoms with Crippen LogP contribution in [0.15, 0.2) is 66.7 Å². The number of nitrogens with zero attached hydrogens (tertiary/aromatic N) is 3. The van der Waals surface area contributed by atoms with E-state index in [2.05, 4.69) is 55.3 Å². The smallest absolute Gasteiger partial charge is 0.255 e. The van der Waals surface area contributed by atoms with Crippen LogP contribution < -0.4 is 5.32 Å². The van der Waals surface area contributed by atoms with Crippen LogP contribution in [0.4, 0.5) is 5.69 Å². The first kappa shape index (κ1) is 21.8. The molecule has 1 heterocycles. The van der Waals surface area contributed by atoms with E-state index in [9.17, 15) is 4.79 Å². The highest BCUT2D eigenvalue weighted by atomic mass is 16.1. The second-order valence-corrected chi connectivity index (χ2v) is 9.24. The first-order chi connectivity index (χ1) is 15.3. The van der Waals surface area contributed by atoms with Gasteiger partial charge in [-0.05, 0) is 71.8 Å². The number of amides is 1. The number of hydrogen-bond acceptors (Lipinski definition) is 3. The van der Waals surface area contributed by atoms with Crippen molar-refractivity contribution >= 4 is 22.6 Å². The van der Waals surface area contributed by atoms with Crippen molar-refractivity contribution in [2.45, 2.75) is 52.4 Å². The number of aryl methyl sites for hydroxylation is 1. The third kappa shape index (κ3) is 4.88. The second-order valence-electron chi connectivity index (χ2n) is 9.24. The maximum Gasteiger partial charge on any atom is 0.255 e. The quantitative estimate of drug-likeness (QED) is 0.393. The monoisotopic (exact) mass is 426 g/mol. The van der Waals surface area contributed by atoms with Crippen molar-refractivity contribution in [3.63, 3.8) is 0 Å². The Morgan fingerprint density at radius 2 is 1.59 bits per heavy atom. The lowest BCUT2D eigenvalue weighted by Crippen LogP contribution is -2.14. The van der Waals surface area contributed by atoms with Gasteiger partial charge in [-0.2, -0.15) is 4.80 Å². The lowest BCUT2D eigenvalue weighted by atomic mass is 9.87. The van der Waals surface area contributed by atoms with E-state index in [0.29, 0.717) is 11.3 Å². The standard InChI is InChI=1S/C27H30N4O/c1-5-6-7-19-8-15-23(16-9-19)31-29-24-17-14-22(18-25(24)30-31)28-26(32)20-10-12-21(13-11-20)27(2,3)4/h8-18H,5-7H2,1-4H3,(H,28,32). The van der Waals surface area contributed by atoms with Gasteiger partial charge in [-0.15, -0.1) is 10.2 Å². The van der Waals surface area contributed by atoms with Crippen molar-refractivity contribution in [2.75, 3.05) is 5.32 Å². The number of anilines is 1. The minimum atomic E-state index is -0.139. The summed E-state index contributed by atoms with van der Waals surface area (Å²) in [5.74, 6) is -0.139. The fraction of sp³-hybridized carbons (Fsp3) is 0.296. The molecule has 0 spiro atoms. The first-order valence-electron chi connectivity index (χ1n) is 11.2. The van der Waals surface area contributed by atoms with Crippen molar-refractivity contribution in [3.8, 4) is 5.69 Å². The number of carbonyl (C=O) groups excluding carboxylic acids is 1. The topological polar surface area (TPSA) is 59.8 Å². The summed E-state index contributed by atoms with van der Waals surface area (Å²) in [5, 5.41) is 12.2. The van der Waals surface area contributed by atoms with Gasteiger partial charge in [0.2, 0.25) is 0 Å². The van der Waals surface area contributed by atoms with Gasteiger partial charge >= 0.3 is 0 Å². The van der Waals surface area contributed by atoms with Crippen LogP contribution in [0.5, 0.6) is 0 Å². The highest BCUT2D eigenvalue weighted by molar-refractivity contribution is 6.05. The number of unbranched alkanes of at least 4 members (excludes halogenated alkanes) is 1. The number of benzene rings is 3. The molecule has 4 aromatic rings. The zero-order chi connectivity index (χ0) is 22.7. The Morgan fingerprint density at radius 3 is 2.25 bits per heavy atom. The highest BCUT2D eigenvalue weighted by Gasteiger charge is 2.15. The van der Waals surface area contributed by atoms with Crippen molar-refractivity contribution in [3.05, 3.63) is 83.4 Å². The largest absolute Gasteiger partial charge is 0.322 e. The molecule has 0 aliphatic carbocycles. The number of aromatic nitrogens is 3. The Labute approximate surface area is 189 Å². The van der Waals surface area contributed by atoms with Crippen LogP contribution in [-0.4, -0.2) is 20.9 Å². The zero-order valence-electron chi connectivity index (χ0n) is 19.2. The molecule has 0 unspecified atom stereocenters. The maximum absolute atomic E-state index is 12.7. The van der Waals surface area contributed by atoms with Gasteiger partial charge < -0.3 is 5.32 Å². The van der Waals surface area contributed by atoms with Gasteiger partial charge in [0, 0.05) is 11.3 Å². The number of carbonyl (C=O) groups is 1. The molecule has 0 atom stereocenters. The summed E-state index contributed by atoms with van der Waals surface area (Å²) >= 11 is 0. The van der Waals surface area contributed by atoms with Crippen LogP contribution in [-0.2, 0) is 11.8 Å². The third-order valence-electron chi connectivity index (χ3n) is 5.64. The predicted octanol–water partition coefficient (Wildman–Crippen LogP) is 6.31. The van der Waals surface area contributed by atoms with Crippen molar-refractivity contribution in [1.82, 2.24) is 15.0 Å². The predicted molar refractivity (Wildman–Crippen MR) is 131 cm³/mol. The van der Waals surface area contributed by atoms with Gasteiger partial charge in [0.1, 0.15) is 11.0 Å². The molecule has 1 aromatic heterocycles. The molecule has 1 N–H and O–H groups in total. The number of nitrogens with one attached hydrogen (secondary N) is 1. The van der Waals surface area contributed by atoms with E-state index < -0.39 is 0 Å². The molecule has 0 fully saturated rings. The molecule has 3 aromatic carbocycles. The fourth-order valence-corrected chi connectivity index (χ4v) is 3.61. The van der Waals surface area contributed by atoms with E-state index in [4.69, 9.17) is 0 Å². The van der Waals surface area contributed by atoms with Crippen LogP contribution in [0.1, 0.15) is 62.0 Å². The van der Waals surface area contributed by atoms with E-state index in [0.717, 1.165) is 23.1 Å². The normalized spacial score (nSPS) is 11.6. The van der Waals surface area contributed by atoms with E-state index in [-0.39, 0.29) is 11.3 Å². The molecule has 1 amide bonds. The molecule has 5 nitrogen and oxygen atoms in total. The number of fused-ring (bicyclic) bond motifs is 1. The van der Waals surface area contributed by atoms with Gasteiger partial charge in [0.15, 0.2) is 0 Å². The van der Waals surface area contributed by atoms with Gasteiger partial charge in [0.25, 0.3) is 5.91 Å². The van der Waals surface area contributed by atoms with Crippen LogP contribution in [0.3, 0.4) is 0 Å². The molecule has 164 valence electrons. The molecule has 0 bridgehead atoms. The highest BCUT2D eigenvalue weighted by Crippen LogP contribution is 2.23. The summed E-state index contributed by atoms with van der Waals surface area (Å²) < 4.78 is 0. The number of hydrogen-bond donors (Lipinski definition) is 1. The maximum atomic E-state index is 12.7. The van der Waals surface area contributed by atoms with Crippen LogP contribution >= 0.6 is 0 Å². The molecule has 0 saturated heterocycles. The molecule has 0 aliphatic heterocycles. The Bertz CT molecular complexity index is 1220. The average molecular weight is 427 g/mol. The molecule has 4 rings (SSSR count). The molecule has 0 aliphatic rings. The van der Waals surface area contributed by atoms with E-state index in [1.165, 1.54) is 24.0 Å². The van der Waals surface area contributed by atoms with Crippen molar-refractivity contribution in [1.29, 1.82) is 0 Å². The van der Waals surface area contributed by atoms with Gasteiger partial charge in [-0.1, -0.05) is 58.4 Å². The summed E-state index contributed by atoms with van der Waals surface area (Å²) in [6.45, 7) is 8.68. The molecular weight excluding hydrogens is 396 g/mol. The Balaban J connectivity index is 1.49. The van der Waals surface area contributed by atoms with Crippen LogP contribution in [0, 0.1) is 0 Å². The minimum absolute atomic E-state index is 0.0572. The zero-order valence-corrected chi connectivity index (χ0v) is 19.2. The SMILES string of the molecule is CCCCc1ccc(-n2nc3ccc(NC(=O)c4ccc(C(C)(C)C)cc4)cc3n2)cc1. The van der Waals surface area contributed by atoms with Crippen LogP contribution in [0.2, 0.25) is 0 Å². The molecule has 32 heavy (non-hydrogen) atoms. The molecule has 0 radical (unpaired) electrons.